The van der Waals surface area contributed by atoms with Gasteiger partial charge in [-0.2, -0.15) is 0 Å². The SMILES string of the molecule is CCNc1nc(C2COCCO2)nc2c1CCCC2. The van der Waals surface area contributed by atoms with E-state index in [1.165, 1.54) is 24.1 Å². The molecule has 5 heteroatoms. The predicted molar refractivity (Wildman–Crippen MR) is 72.3 cm³/mol. The minimum atomic E-state index is -0.113. The maximum absolute atomic E-state index is 5.71. The second kappa shape index (κ2) is 5.84. The van der Waals surface area contributed by atoms with Gasteiger partial charge >= 0.3 is 0 Å². The van der Waals surface area contributed by atoms with Gasteiger partial charge in [-0.15, -0.1) is 0 Å². The molecule has 0 aromatic carbocycles. The van der Waals surface area contributed by atoms with Crippen LogP contribution >= 0.6 is 0 Å². The van der Waals surface area contributed by atoms with Gasteiger partial charge < -0.3 is 14.8 Å². The van der Waals surface area contributed by atoms with Crippen LogP contribution in [0.2, 0.25) is 0 Å². The van der Waals surface area contributed by atoms with Crippen LogP contribution < -0.4 is 5.32 Å². The van der Waals surface area contributed by atoms with Crippen LogP contribution in [-0.4, -0.2) is 36.3 Å². The van der Waals surface area contributed by atoms with Crippen molar-refractivity contribution in [3.63, 3.8) is 0 Å². The maximum Gasteiger partial charge on any atom is 0.162 e. The molecule has 1 aliphatic carbocycles. The number of aryl methyl sites for hydroxylation is 1. The summed E-state index contributed by atoms with van der Waals surface area (Å²) >= 11 is 0. The third-order valence-corrected chi connectivity index (χ3v) is 3.65. The number of fused-ring (bicyclic) bond motifs is 1. The van der Waals surface area contributed by atoms with Crippen LogP contribution in [0.15, 0.2) is 0 Å². The average Bonchev–Trinajstić information content (AvgIpc) is 2.48. The summed E-state index contributed by atoms with van der Waals surface area (Å²) in [6.45, 7) is 4.83. The monoisotopic (exact) mass is 263 g/mol. The normalized spacial score (nSPS) is 22.9. The first-order valence-corrected chi connectivity index (χ1v) is 7.21. The van der Waals surface area contributed by atoms with Crippen molar-refractivity contribution in [3.05, 3.63) is 17.1 Å². The molecule has 0 saturated carbocycles. The van der Waals surface area contributed by atoms with Crippen molar-refractivity contribution in [2.45, 2.75) is 38.7 Å². The lowest BCUT2D eigenvalue weighted by atomic mass is 9.96. The van der Waals surface area contributed by atoms with Gasteiger partial charge in [-0.05, 0) is 32.6 Å². The van der Waals surface area contributed by atoms with Gasteiger partial charge in [0.1, 0.15) is 11.9 Å². The van der Waals surface area contributed by atoms with Crippen LogP contribution in [-0.2, 0) is 22.3 Å². The van der Waals surface area contributed by atoms with E-state index < -0.39 is 0 Å². The zero-order valence-corrected chi connectivity index (χ0v) is 11.4. The van der Waals surface area contributed by atoms with Crippen molar-refractivity contribution in [3.8, 4) is 0 Å². The van der Waals surface area contributed by atoms with Gasteiger partial charge in [-0.3, -0.25) is 0 Å². The first-order valence-electron chi connectivity index (χ1n) is 7.21. The Morgan fingerprint density at radius 1 is 1.21 bits per heavy atom. The van der Waals surface area contributed by atoms with E-state index in [1.54, 1.807) is 0 Å². The van der Waals surface area contributed by atoms with Gasteiger partial charge in [-0.25, -0.2) is 9.97 Å². The molecule has 1 aromatic heterocycles. The van der Waals surface area contributed by atoms with E-state index in [0.29, 0.717) is 19.8 Å². The zero-order chi connectivity index (χ0) is 13.1. The quantitative estimate of drug-likeness (QED) is 0.902. The van der Waals surface area contributed by atoms with Gasteiger partial charge in [0.25, 0.3) is 0 Å². The third kappa shape index (κ3) is 2.72. The van der Waals surface area contributed by atoms with Gasteiger partial charge in [0.2, 0.25) is 0 Å². The zero-order valence-electron chi connectivity index (χ0n) is 11.4. The van der Waals surface area contributed by atoms with Gasteiger partial charge in [0.15, 0.2) is 5.82 Å². The topological polar surface area (TPSA) is 56.3 Å². The van der Waals surface area contributed by atoms with Crippen LogP contribution in [0.5, 0.6) is 0 Å². The van der Waals surface area contributed by atoms with Crippen molar-refractivity contribution < 1.29 is 9.47 Å². The second-order valence-corrected chi connectivity index (χ2v) is 5.03. The Kier molecular flexibility index (Phi) is 3.94. The molecule has 0 spiro atoms. The number of rotatable bonds is 3. The lowest BCUT2D eigenvalue weighted by Crippen LogP contribution is -2.25. The molecule has 2 aliphatic rings. The molecule has 1 unspecified atom stereocenters. The number of nitrogens with zero attached hydrogens (tertiary/aromatic N) is 2. The molecule has 1 atom stereocenters. The number of anilines is 1. The highest BCUT2D eigenvalue weighted by molar-refractivity contribution is 5.48. The number of ether oxygens (including phenoxy) is 2. The first kappa shape index (κ1) is 12.8. The summed E-state index contributed by atoms with van der Waals surface area (Å²) in [5.41, 5.74) is 2.50. The van der Waals surface area contributed by atoms with E-state index in [2.05, 4.69) is 17.2 Å². The van der Waals surface area contributed by atoms with E-state index in [9.17, 15) is 0 Å². The summed E-state index contributed by atoms with van der Waals surface area (Å²) < 4.78 is 11.2. The van der Waals surface area contributed by atoms with Gasteiger partial charge in [-0.1, -0.05) is 0 Å². The number of hydrogen-bond acceptors (Lipinski definition) is 5. The van der Waals surface area contributed by atoms with Crippen molar-refractivity contribution >= 4 is 5.82 Å². The van der Waals surface area contributed by atoms with Gasteiger partial charge in [0, 0.05) is 17.8 Å². The smallest absolute Gasteiger partial charge is 0.162 e. The molecule has 0 amide bonds. The fourth-order valence-corrected chi connectivity index (χ4v) is 2.71. The summed E-state index contributed by atoms with van der Waals surface area (Å²) in [6, 6.07) is 0. The van der Waals surface area contributed by atoms with E-state index in [-0.39, 0.29) is 6.10 Å². The van der Waals surface area contributed by atoms with E-state index in [4.69, 9.17) is 14.5 Å². The van der Waals surface area contributed by atoms with Crippen LogP contribution in [0.1, 0.15) is 43.0 Å². The molecule has 2 heterocycles. The van der Waals surface area contributed by atoms with E-state index in [0.717, 1.165) is 31.0 Å². The minimum Gasteiger partial charge on any atom is -0.376 e. The molecule has 1 saturated heterocycles. The first-order chi connectivity index (χ1) is 9.38. The summed E-state index contributed by atoms with van der Waals surface area (Å²) in [5.74, 6) is 1.77. The average molecular weight is 263 g/mol. The van der Waals surface area contributed by atoms with Crippen molar-refractivity contribution in [1.82, 2.24) is 9.97 Å². The molecular weight excluding hydrogens is 242 g/mol. The third-order valence-electron chi connectivity index (χ3n) is 3.65. The Morgan fingerprint density at radius 3 is 2.89 bits per heavy atom. The molecular formula is C14H21N3O2. The Hall–Kier alpha value is -1.20. The molecule has 104 valence electrons. The minimum absolute atomic E-state index is 0.113. The maximum atomic E-state index is 5.71. The van der Waals surface area contributed by atoms with Crippen LogP contribution in [0.4, 0.5) is 5.82 Å². The van der Waals surface area contributed by atoms with Gasteiger partial charge in [0.05, 0.1) is 19.8 Å². The summed E-state index contributed by atoms with van der Waals surface area (Å²) in [5, 5.41) is 3.37. The van der Waals surface area contributed by atoms with Crippen molar-refractivity contribution in [2.24, 2.45) is 0 Å². The summed E-state index contributed by atoms with van der Waals surface area (Å²) in [6.07, 6.45) is 4.48. The predicted octanol–water partition coefficient (Wildman–Crippen LogP) is 1.88. The van der Waals surface area contributed by atoms with E-state index in [1.807, 2.05) is 0 Å². The molecule has 0 bridgehead atoms. The van der Waals surface area contributed by atoms with Crippen molar-refractivity contribution in [1.29, 1.82) is 0 Å². The Morgan fingerprint density at radius 2 is 2.11 bits per heavy atom. The van der Waals surface area contributed by atoms with E-state index >= 15 is 0 Å². The Balaban J connectivity index is 1.93. The van der Waals surface area contributed by atoms with Crippen LogP contribution in [0.3, 0.4) is 0 Å². The lowest BCUT2D eigenvalue weighted by molar-refractivity contribution is -0.0935. The molecule has 1 N–H and O–H groups in total. The highest BCUT2D eigenvalue weighted by Gasteiger charge is 2.24. The molecule has 1 fully saturated rings. The second-order valence-electron chi connectivity index (χ2n) is 5.03. The number of nitrogens with one attached hydrogen (secondary N) is 1. The molecule has 1 aromatic rings. The fourth-order valence-electron chi connectivity index (χ4n) is 2.71. The van der Waals surface area contributed by atoms with Crippen molar-refractivity contribution in [2.75, 3.05) is 31.7 Å². The highest BCUT2D eigenvalue weighted by atomic mass is 16.6. The van der Waals surface area contributed by atoms with Crippen LogP contribution in [0.25, 0.3) is 0 Å². The Labute approximate surface area is 113 Å². The summed E-state index contributed by atoms with van der Waals surface area (Å²) in [4.78, 5) is 9.40. The fraction of sp³-hybridized carbons (Fsp3) is 0.714. The molecule has 5 nitrogen and oxygen atoms in total. The largest absolute Gasteiger partial charge is 0.376 e. The Bertz CT molecular complexity index is 445. The standard InChI is InChI=1S/C14H21N3O2/c1-2-15-13-10-5-3-4-6-11(10)16-14(17-13)12-9-18-7-8-19-12/h12H,2-9H2,1H3,(H,15,16,17). The highest BCUT2D eigenvalue weighted by Crippen LogP contribution is 2.28. The number of aromatic nitrogens is 2. The lowest BCUT2D eigenvalue weighted by Gasteiger charge is -2.25. The van der Waals surface area contributed by atoms with Crippen LogP contribution in [0, 0.1) is 0 Å². The summed E-state index contributed by atoms with van der Waals surface area (Å²) in [7, 11) is 0. The number of hydrogen-bond donors (Lipinski definition) is 1. The molecule has 19 heavy (non-hydrogen) atoms. The molecule has 3 rings (SSSR count). The molecule has 0 radical (unpaired) electrons. The molecule has 1 aliphatic heterocycles.